The molecule has 2 aromatic carbocycles. The van der Waals surface area contributed by atoms with Crippen molar-refractivity contribution in [2.24, 2.45) is 0 Å². The minimum absolute atomic E-state index is 0.196. The summed E-state index contributed by atoms with van der Waals surface area (Å²) in [5.74, 6) is -0.652. The number of carbonyl (C=O) groups excluding carboxylic acids is 1. The lowest BCUT2D eigenvalue weighted by atomic mass is 10.1. The summed E-state index contributed by atoms with van der Waals surface area (Å²) in [6.07, 6.45) is 0. The number of nitrogens with two attached hydrogens (primary N) is 1. The summed E-state index contributed by atoms with van der Waals surface area (Å²) in [5.41, 5.74) is 7.76. The summed E-state index contributed by atoms with van der Waals surface area (Å²) in [6, 6.07) is 8.94. The van der Waals surface area contributed by atoms with E-state index in [9.17, 15) is 9.18 Å². The van der Waals surface area contributed by atoms with Crippen LogP contribution in [0, 0.1) is 5.82 Å². The number of amides is 1. The number of anilines is 3. The van der Waals surface area contributed by atoms with E-state index in [1.54, 1.807) is 24.3 Å². The molecule has 2 aromatic rings. The standard InChI is InChI=1S/C15H15ClFN3O/c1-2-19-15(21)9-3-4-13(18)14(5-9)20-12-7-10(16)6-11(17)8-12/h3-8,20H,2,18H2,1H3,(H,19,21). The Bertz CT molecular complexity index is 656. The Hall–Kier alpha value is -2.27. The Morgan fingerprint density at radius 2 is 2.05 bits per heavy atom. The lowest BCUT2D eigenvalue weighted by Crippen LogP contribution is -2.22. The van der Waals surface area contributed by atoms with Gasteiger partial charge in [-0.3, -0.25) is 4.79 Å². The van der Waals surface area contributed by atoms with Crippen molar-refractivity contribution in [1.82, 2.24) is 5.32 Å². The predicted molar refractivity (Wildman–Crippen MR) is 83.6 cm³/mol. The van der Waals surface area contributed by atoms with Crippen molar-refractivity contribution >= 4 is 34.6 Å². The molecule has 0 spiro atoms. The Labute approximate surface area is 127 Å². The molecule has 4 N–H and O–H groups in total. The van der Waals surface area contributed by atoms with Gasteiger partial charge in [0, 0.05) is 22.8 Å². The fraction of sp³-hybridized carbons (Fsp3) is 0.133. The van der Waals surface area contributed by atoms with Crippen molar-refractivity contribution in [3.8, 4) is 0 Å². The SMILES string of the molecule is CCNC(=O)c1ccc(N)c(Nc2cc(F)cc(Cl)c2)c1. The summed E-state index contributed by atoms with van der Waals surface area (Å²) in [4.78, 5) is 11.8. The molecule has 110 valence electrons. The lowest BCUT2D eigenvalue weighted by molar-refractivity contribution is 0.0956. The molecule has 0 aromatic heterocycles. The summed E-state index contributed by atoms with van der Waals surface area (Å²) < 4.78 is 13.3. The van der Waals surface area contributed by atoms with Crippen molar-refractivity contribution in [1.29, 1.82) is 0 Å². The first-order valence-electron chi connectivity index (χ1n) is 6.40. The minimum atomic E-state index is -0.455. The highest BCUT2D eigenvalue weighted by Crippen LogP contribution is 2.26. The summed E-state index contributed by atoms with van der Waals surface area (Å²) in [5, 5.41) is 5.94. The zero-order valence-electron chi connectivity index (χ0n) is 11.4. The predicted octanol–water partition coefficient (Wildman–Crippen LogP) is 3.55. The van der Waals surface area contributed by atoms with Crippen LogP contribution >= 0.6 is 11.6 Å². The molecular weight excluding hydrogens is 293 g/mol. The second-order valence-electron chi connectivity index (χ2n) is 4.44. The van der Waals surface area contributed by atoms with Gasteiger partial charge in [-0.1, -0.05) is 11.6 Å². The maximum Gasteiger partial charge on any atom is 0.251 e. The molecule has 0 saturated heterocycles. The zero-order chi connectivity index (χ0) is 15.4. The average molecular weight is 308 g/mol. The van der Waals surface area contributed by atoms with Gasteiger partial charge in [0.25, 0.3) is 5.91 Å². The highest BCUT2D eigenvalue weighted by molar-refractivity contribution is 6.30. The third kappa shape index (κ3) is 3.86. The van der Waals surface area contributed by atoms with Gasteiger partial charge in [0.05, 0.1) is 11.4 Å². The number of hydrogen-bond acceptors (Lipinski definition) is 3. The highest BCUT2D eigenvalue weighted by atomic mass is 35.5. The van der Waals surface area contributed by atoms with E-state index in [1.807, 2.05) is 6.92 Å². The lowest BCUT2D eigenvalue weighted by Gasteiger charge is -2.12. The van der Waals surface area contributed by atoms with Gasteiger partial charge in [-0.05, 0) is 43.3 Å². The van der Waals surface area contributed by atoms with Gasteiger partial charge in [0.15, 0.2) is 0 Å². The van der Waals surface area contributed by atoms with E-state index in [0.29, 0.717) is 29.2 Å². The zero-order valence-corrected chi connectivity index (χ0v) is 12.2. The third-order valence-electron chi connectivity index (χ3n) is 2.79. The molecule has 0 aliphatic heterocycles. The van der Waals surface area contributed by atoms with Gasteiger partial charge >= 0.3 is 0 Å². The topological polar surface area (TPSA) is 67.2 Å². The molecule has 0 fully saturated rings. The second-order valence-corrected chi connectivity index (χ2v) is 4.88. The molecule has 0 aliphatic rings. The maximum atomic E-state index is 13.3. The second kappa shape index (κ2) is 6.45. The van der Waals surface area contributed by atoms with E-state index in [-0.39, 0.29) is 10.9 Å². The highest BCUT2D eigenvalue weighted by Gasteiger charge is 2.08. The van der Waals surface area contributed by atoms with Crippen LogP contribution in [0.1, 0.15) is 17.3 Å². The Morgan fingerprint density at radius 1 is 1.29 bits per heavy atom. The first-order valence-corrected chi connectivity index (χ1v) is 6.78. The Kier molecular flexibility index (Phi) is 4.65. The maximum absolute atomic E-state index is 13.3. The number of benzene rings is 2. The Balaban J connectivity index is 2.30. The van der Waals surface area contributed by atoms with Crippen molar-refractivity contribution in [2.45, 2.75) is 6.92 Å². The number of nitrogens with one attached hydrogen (secondary N) is 2. The van der Waals surface area contributed by atoms with Crippen molar-refractivity contribution in [3.05, 3.63) is 52.8 Å². The minimum Gasteiger partial charge on any atom is -0.397 e. The van der Waals surface area contributed by atoms with Crippen LogP contribution in [0.3, 0.4) is 0 Å². The molecule has 0 bridgehead atoms. The van der Waals surface area contributed by atoms with E-state index in [1.165, 1.54) is 12.1 Å². The van der Waals surface area contributed by atoms with Crippen LogP contribution < -0.4 is 16.4 Å². The van der Waals surface area contributed by atoms with Crippen LogP contribution in [-0.2, 0) is 0 Å². The monoisotopic (exact) mass is 307 g/mol. The molecule has 0 unspecified atom stereocenters. The number of rotatable bonds is 4. The molecule has 0 radical (unpaired) electrons. The smallest absolute Gasteiger partial charge is 0.251 e. The molecule has 21 heavy (non-hydrogen) atoms. The van der Waals surface area contributed by atoms with Gasteiger partial charge in [-0.25, -0.2) is 4.39 Å². The van der Waals surface area contributed by atoms with Crippen LogP contribution in [0.25, 0.3) is 0 Å². The fourth-order valence-electron chi connectivity index (χ4n) is 1.85. The van der Waals surface area contributed by atoms with Gasteiger partial charge in [0.2, 0.25) is 0 Å². The number of nitrogen functional groups attached to an aromatic ring is 1. The van der Waals surface area contributed by atoms with Crippen molar-refractivity contribution in [3.63, 3.8) is 0 Å². The van der Waals surface area contributed by atoms with E-state index < -0.39 is 5.82 Å². The summed E-state index contributed by atoms with van der Waals surface area (Å²) >= 11 is 5.80. The first kappa shape index (κ1) is 15.1. The van der Waals surface area contributed by atoms with Crippen LogP contribution in [-0.4, -0.2) is 12.5 Å². The van der Waals surface area contributed by atoms with Gasteiger partial charge in [0.1, 0.15) is 5.82 Å². The first-order chi connectivity index (χ1) is 9.99. The van der Waals surface area contributed by atoms with E-state index in [2.05, 4.69) is 10.6 Å². The molecule has 2 rings (SSSR count). The number of hydrogen-bond donors (Lipinski definition) is 3. The van der Waals surface area contributed by atoms with Crippen molar-refractivity contribution in [2.75, 3.05) is 17.6 Å². The summed E-state index contributed by atoms with van der Waals surface area (Å²) in [7, 11) is 0. The van der Waals surface area contributed by atoms with Crippen LogP contribution in [0.4, 0.5) is 21.5 Å². The molecule has 1 amide bonds. The van der Waals surface area contributed by atoms with E-state index in [0.717, 1.165) is 0 Å². The fourth-order valence-corrected chi connectivity index (χ4v) is 2.07. The molecule has 0 saturated carbocycles. The van der Waals surface area contributed by atoms with Gasteiger partial charge in [-0.15, -0.1) is 0 Å². The number of halogens is 2. The Morgan fingerprint density at radius 3 is 2.71 bits per heavy atom. The number of carbonyl (C=O) groups is 1. The third-order valence-corrected chi connectivity index (χ3v) is 3.01. The van der Waals surface area contributed by atoms with E-state index in [4.69, 9.17) is 17.3 Å². The molecular formula is C15H15ClFN3O. The van der Waals surface area contributed by atoms with Crippen LogP contribution in [0.2, 0.25) is 5.02 Å². The molecule has 0 aliphatic carbocycles. The molecule has 0 heterocycles. The molecule has 0 atom stereocenters. The van der Waals surface area contributed by atoms with Crippen molar-refractivity contribution < 1.29 is 9.18 Å². The molecule has 4 nitrogen and oxygen atoms in total. The summed E-state index contributed by atoms with van der Waals surface area (Å²) in [6.45, 7) is 2.37. The molecule has 6 heteroatoms. The van der Waals surface area contributed by atoms with Crippen LogP contribution in [0.15, 0.2) is 36.4 Å². The largest absolute Gasteiger partial charge is 0.397 e. The average Bonchev–Trinajstić information content (AvgIpc) is 2.40. The van der Waals surface area contributed by atoms with E-state index >= 15 is 0 Å². The van der Waals surface area contributed by atoms with Gasteiger partial charge in [-0.2, -0.15) is 0 Å². The van der Waals surface area contributed by atoms with Gasteiger partial charge < -0.3 is 16.4 Å². The van der Waals surface area contributed by atoms with Crippen LogP contribution in [0.5, 0.6) is 0 Å². The quantitative estimate of drug-likeness (QED) is 0.757. The normalized spacial score (nSPS) is 10.2.